The van der Waals surface area contributed by atoms with Crippen LogP contribution >= 0.6 is 0 Å². The van der Waals surface area contributed by atoms with Crippen LogP contribution in [0.5, 0.6) is 0 Å². The first-order valence-electron chi connectivity index (χ1n) is 8.97. The van der Waals surface area contributed by atoms with E-state index in [9.17, 15) is 14.4 Å². The highest BCUT2D eigenvalue weighted by Crippen LogP contribution is 2.29. The molecule has 1 aliphatic carbocycles. The van der Waals surface area contributed by atoms with Gasteiger partial charge in [-0.1, -0.05) is 12.6 Å². The van der Waals surface area contributed by atoms with Crippen molar-refractivity contribution in [1.29, 1.82) is 0 Å². The number of rotatable bonds is 6. The lowest BCUT2D eigenvalue weighted by Crippen LogP contribution is -2.52. The van der Waals surface area contributed by atoms with E-state index in [2.05, 4.69) is 22.5 Å². The average molecular weight is 354 g/mol. The molecule has 0 bridgehead atoms. The summed E-state index contributed by atoms with van der Waals surface area (Å²) in [4.78, 5) is 37.7. The number of anilines is 1. The highest BCUT2D eigenvalue weighted by atomic mass is 16.2. The zero-order valence-electron chi connectivity index (χ0n) is 14.5. The fourth-order valence-corrected chi connectivity index (χ4v) is 3.44. The van der Waals surface area contributed by atoms with Crippen LogP contribution in [0.15, 0.2) is 30.5 Å². The molecule has 0 aromatic heterocycles. The van der Waals surface area contributed by atoms with Crippen LogP contribution in [0.2, 0.25) is 0 Å². The highest BCUT2D eigenvalue weighted by molar-refractivity contribution is 6.05. The van der Waals surface area contributed by atoms with Gasteiger partial charge in [0, 0.05) is 36.0 Å². The summed E-state index contributed by atoms with van der Waals surface area (Å²) in [6, 6.07) is 5.66. The van der Waals surface area contributed by atoms with Crippen molar-refractivity contribution in [3.8, 4) is 0 Å². The van der Waals surface area contributed by atoms with Crippen molar-refractivity contribution in [2.45, 2.75) is 44.3 Å². The Morgan fingerprint density at radius 1 is 1.23 bits per heavy atom. The first-order valence-corrected chi connectivity index (χ1v) is 8.97. The van der Waals surface area contributed by atoms with Crippen molar-refractivity contribution >= 4 is 23.4 Å². The van der Waals surface area contributed by atoms with Gasteiger partial charge in [0.15, 0.2) is 0 Å². The van der Waals surface area contributed by atoms with Gasteiger partial charge in [0.2, 0.25) is 11.8 Å². The summed E-state index contributed by atoms with van der Waals surface area (Å²) in [6.07, 6.45) is 3.03. The summed E-state index contributed by atoms with van der Waals surface area (Å²) in [5, 5.41) is 8.94. The quantitative estimate of drug-likeness (QED) is 0.666. The molecule has 2 fully saturated rings. The SMILES string of the molecule is C=C(CNc1ccc2c(c1)C(=O)N(C1CCC(=O)NC1=O)C2)NC1CC1. The molecule has 4 rings (SSSR count). The van der Waals surface area contributed by atoms with Gasteiger partial charge in [-0.2, -0.15) is 0 Å². The van der Waals surface area contributed by atoms with E-state index in [1.807, 2.05) is 18.2 Å². The Balaban J connectivity index is 1.42. The number of carbonyl (C=O) groups excluding carboxylic acids is 3. The molecule has 3 N–H and O–H groups in total. The number of hydrogen-bond acceptors (Lipinski definition) is 5. The maximum atomic E-state index is 12.8. The van der Waals surface area contributed by atoms with E-state index in [-0.39, 0.29) is 24.1 Å². The average Bonchev–Trinajstić information content (AvgIpc) is 3.36. The number of benzene rings is 1. The van der Waals surface area contributed by atoms with E-state index in [1.165, 1.54) is 12.8 Å². The van der Waals surface area contributed by atoms with Gasteiger partial charge >= 0.3 is 0 Å². The lowest BCUT2D eigenvalue weighted by Gasteiger charge is -2.29. The molecular weight excluding hydrogens is 332 g/mol. The van der Waals surface area contributed by atoms with E-state index in [1.54, 1.807) is 4.90 Å². The minimum atomic E-state index is -0.577. The zero-order chi connectivity index (χ0) is 18.3. The third-order valence-electron chi connectivity index (χ3n) is 5.02. The van der Waals surface area contributed by atoms with Gasteiger partial charge in [-0.15, -0.1) is 0 Å². The number of nitrogens with zero attached hydrogens (tertiary/aromatic N) is 1. The molecule has 1 aromatic rings. The smallest absolute Gasteiger partial charge is 0.255 e. The number of fused-ring (bicyclic) bond motifs is 1. The minimum absolute atomic E-state index is 0.159. The minimum Gasteiger partial charge on any atom is -0.385 e. The molecule has 1 saturated carbocycles. The van der Waals surface area contributed by atoms with Gasteiger partial charge in [-0.3, -0.25) is 19.7 Å². The standard InChI is InChI=1S/C19H22N4O3/c1-11(21-13-4-5-13)9-20-14-3-2-12-10-23(19(26)15(12)8-14)16-6-7-17(24)22-18(16)25/h2-3,8,13,16,20-21H,1,4-7,9-10H2,(H,22,24,25). The van der Waals surface area contributed by atoms with Gasteiger partial charge in [0.05, 0.1) is 6.54 Å². The van der Waals surface area contributed by atoms with Crippen LogP contribution in [-0.2, 0) is 16.1 Å². The van der Waals surface area contributed by atoms with Crippen molar-refractivity contribution in [2.24, 2.45) is 0 Å². The first kappa shape index (κ1) is 16.6. The lowest BCUT2D eigenvalue weighted by atomic mass is 10.0. The second-order valence-corrected chi connectivity index (χ2v) is 7.15. The molecule has 1 atom stereocenters. The van der Waals surface area contributed by atoms with Gasteiger partial charge < -0.3 is 15.5 Å². The molecular formula is C19H22N4O3. The Labute approximate surface area is 151 Å². The van der Waals surface area contributed by atoms with Crippen LogP contribution in [0.3, 0.4) is 0 Å². The third kappa shape index (κ3) is 3.29. The van der Waals surface area contributed by atoms with Crippen molar-refractivity contribution < 1.29 is 14.4 Å². The third-order valence-corrected chi connectivity index (χ3v) is 5.02. The monoisotopic (exact) mass is 354 g/mol. The lowest BCUT2D eigenvalue weighted by molar-refractivity contribution is -0.136. The molecule has 7 heteroatoms. The summed E-state index contributed by atoms with van der Waals surface area (Å²) in [7, 11) is 0. The van der Waals surface area contributed by atoms with Crippen molar-refractivity contribution in [3.63, 3.8) is 0 Å². The number of carbonyl (C=O) groups is 3. The molecule has 0 radical (unpaired) electrons. The normalized spacial score (nSPS) is 22.1. The molecule has 136 valence electrons. The fourth-order valence-electron chi connectivity index (χ4n) is 3.44. The second-order valence-electron chi connectivity index (χ2n) is 7.15. The summed E-state index contributed by atoms with van der Waals surface area (Å²) >= 11 is 0. The number of amides is 3. The predicted molar refractivity (Wildman–Crippen MR) is 96.3 cm³/mol. The Hall–Kier alpha value is -2.83. The van der Waals surface area contributed by atoms with Crippen LogP contribution in [-0.4, -0.2) is 41.2 Å². The van der Waals surface area contributed by atoms with E-state index >= 15 is 0 Å². The van der Waals surface area contributed by atoms with E-state index < -0.39 is 6.04 Å². The van der Waals surface area contributed by atoms with Gasteiger partial charge in [0.1, 0.15) is 6.04 Å². The van der Waals surface area contributed by atoms with Gasteiger partial charge in [0.25, 0.3) is 5.91 Å². The van der Waals surface area contributed by atoms with E-state index in [0.29, 0.717) is 31.1 Å². The number of imide groups is 1. The predicted octanol–water partition coefficient (Wildman–Crippen LogP) is 1.13. The summed E-state index contributed by atoms with van der Waals surface area (Å²) in [5.74, 6) is -0.821. The van der Waals surface area contributed by atoms with Gasteiger partial charge in [-0.25, -0.2) is 0 Å². The zero-order valence-corrected chi connectivity index (χ0v) is 14.5. The summed E-state index contributed by atoms with van der Waals surface area (Å²) in [6.45, 7) is 5.00. The topological polar surface area (TPSA) is 90.5 Å². The first-order chi connectivity index (χ1) is 12.5. The van der Waals surface area contributed by atoms with E-state index in [4.69, 9.17) is 0 Å². The number of piperidine rings is 1. The van der Waals surface area contributed by atoms with Gasteiger partial charge in [-0.05, 0) is 37.0 Å². The molecule has 26 heavy (non-hydrogen) atoms. The fraction of sp³-hybridized carbons (Fsp3) is 0.421. The number of nitrogens with one attached hydrogen (secondary N) is 3. The van der Waals surface area contributed by atoms with Crippen molar-refractivity contribution in [2.75, 3.05) is 11.9 Å². The highest BCUT2D eigenvalue weighted by Gasteiger charge is 2.39. The van der Waals surface area contributed by atoms with Crippen LogP contribution in [0.1, 0.15) is 41.6 Å². The molecule has 1 aromatic carbocycles. The van der Waals surface area contributed by atoms with Crippen LogP contribution in [0, 0.1) is 0 Å². The van der Waals surface area contributed by atoms with Crippen molar-refractivity contribution in [1.82, 2.24) is 15.5 Å². The summed E-state index contributed by atoms with van der Waals surface area (Å²) in [5.41, 5.74) is 3.30. The second kappa shape index (κ2) is 6.48. The molecule has 0 spiro atoms. The molecule has 7 nitrogen and oxygen atoms in total. The Morgan fingerprint density at radius 2 is 2.04 bits per heavy atom. The Kier molecular flexibility index (Phi) is 4.14. The molecule has 2 aliphatic heterocycles. The molecule has 3 amide bonds. The van der Waals surface area contributed by atoms with Crippen LogP contribution < -0.4 is 16.0 Å². The molecule has 3 aliphatic rings. The number of hydrogen-bond donors (Lipinski definition) is 3. The maximum absolute atomic E-state index is 12.8. The van der Waals surface area contributed by atoms with Crippen LogP contribution in [0.4, 0.5) is 5.69 Å². The maximum Gasteiger partial charge on any atom is 0.255 e. The Morgan fingerprint density at radius 3 is 2.77 bits per heavy atom. The largest absolute Gasteiger partial charge is 0.385 e. The molecule has 2 heterocycles. The molecule has 1 unspecified atom stereocenters. The Bertz CT molecular complexity index is 800. The van der Waals surface area contributed by atoms with Crippen LogP contribution in [0.25, 0.3) is 0 Å². The summed E-state index contributed by atoms with van der Waals surface area (Å²) < 4.78 is 0. The van der Waals surface area contributed by atoms with E-state index in [0.717, 1.165) is 16.9 Å². The molecule has 1 saturated heterocycles. The van der Waals surface area contributed by atoms with Crippen molar-refractivity contribution in [3.05, 3.63) is 41.6 Å².